The Kier molecular flexibility index (Phi) is 5.29. The van der Waals surface area contributed by atoms with Crippen molar-refractivity contribution in [2.45, 2.75) is 26.2 Å². The first-order chi connectivity index (χ1) is 12.8. The van der Waals surface area contributed by atoms with Crippen LogP contribution in [0.4, 0.5) is 0 Å². The Labute approximate surface area is 161 Å². The number of H-pyrrole nitrogens is 1. The summed E-state index contributed by atoms with van der Waals surface area (Å²) in [5.41, 5.74) is -0.193. The Morgan fingerprint density at radius 2 is 2.07 bits per heavy atom. The van der Waals surface area contributed by atoms with Gasteiger partial charge >= 0.3 is 5.69 Å². The average molecular weight is 390 g/mol. The van der Waals surface area contributed by atoms with Crippen molar-refractivity contribution in [3.8, 4) is 17.3 Å². The average Bonchev–Trinajstić information content (AvgIpc) is 2.99. The summed E-state index contributed by atoms with van der Waals surface area (Å²) in [6, 6.07) is 6.70. The van der Waals surface area contributed by atoms with Gasteiger partial charge in [0.05, 0.1) is 12.3 Å². The molecule has 142 valence electrons. The number of rotatable bonds is 6. The van der Waals surface area contributed by atoms with Crippen molar-refractivity contribution < 1.29 is 9.47 Å². The van der Waals surface area contributed by atoms with Gasteiger partial charge in [-0.2, -0.15) is 4.68 Å². The fourth-order valence-corrected chi connectivity index (χ4v) is 2.71. The summed E-state index contributed by atoms with van der Waals surface area (Å²) in [5, 5.41) is 4.71. The fraction of sp³-hybridized carbons (Fsp3) is 0.333. The van der Waals surface area contributed by atoms with E-state index in [2.05, 4.69) is 20.1 Å². The van der Waals surface area contributed by atoms with E-state index in [0.29, 0.717) is 40.6 Å². The number of methoxy groups -OCH3 is 1. The van der Waals surface area contributed by atoms with Crippen molar-refractivity contribution in [3.05, 3.63) is 57.6 Å². The van der Waals surface area contributed by atoms with Crippen molar-refractivity contribution in [1.29, 1.82) is 0 Å². The van der Waals surface area contributed by atoms with Crippen LogP contribution in [0.5, 0.6) is 11.5 Å². The molecule has 0 amide bonds. The summed E-state index contributed by atoms with van der Waals surface area (Å²) < 4.78 is 12.2. The third-order valence-electron chi connectivity index (χ3n) is 3.93. The number of hydrogen-bond donors (Lipinski definition) is 1. The van der Waals surface area contributed by atoms with Crippen LogP contribution in [0.3, 0.4) is 0 Å². The quantitative estimate of drug-likeness (QED) is 0.651. The molecule has 8 nitrogen and oxygen atoms in total. The summed E-state index contributed by atoms with van der Waals surface area (Å²) in [6.07, 6.45) is 1.56. The maximum atomic E-state index is 12.3. The molecule has 3 rings (SSSR count). The first kappa shape index (κ1) is 19.1. The van der Waals surface area contributed by atoms with Gasteiger partial charge in [0.15, 0.2) is 5.82 Å². The zero-order chi connectivity index (χ0) is 19.6. The molecule has 0 aliphatic carbocycles. The van der Waals surface area contributed by atoms with Crippen molar-refractivity contribution in [3.63, 3.8) is 0 Å². The predicted octanol–water partition coefficient (Wildman–Crippen LogP) is 3.03. The molecule has 0 aliphatic heterocycles. The molecule has 9 heteroatoms. The molecule has 3 aromatic heterocycles. The molecule has 0 aromatic carbocycles. The van der Waals surface area contributed by atoms with Crippen LogP contribution in [0, 0.1) is 6.92 Å². The molecule has 0 atom stereocenters. The molecular formula is C18H20ClN5O3. The Balaban J connectivity index is 1.90. The highest BCUT2D eigenvalue weighted by Crippen LogP contribution is 2.26. The molecular weight excluding hydrogens is 370 g/mol. The van der Waals surface area contributed by atoms with E-state index in [1.54, 1.807) is 44.5 Å². The molecule has 0 aliphatic rings. The van der Waals surface area contributed by atoms with Crippen LogP contribution >= 0.6 is 11.6 Å². The number of aromatic amines is 1. The number of nitrogens with zero attached hydrogens (tertiary/aromatic N) is 4. The Hall–Kier alpha value is -2.71. The van der Waals surface area contributed by atoms with Crippen LogP contribution in [0.1, 0.15) is 25.4 Å². The molecule has 3 heterocycles. The van der Waals surface area contributed by atoms with E-state index in [4.69, 9.17) is 21.1 Å². The van der Waals surface area contributed by atoms with Gasteiger partial charge in [-0.05, 0) is 25.1 Å². The Morgan fingerprint density at radius 1 is 1.30 bits per heavy atom. The molecule has 3 aromatic rings. The number of hydrogen-bond acceptors (Lipinski definition) is 6. The minimum Gasteiger partial charge on any atom is -0.455 e. The van der Waals surface area contributed by atoms with E-state index in [0.717, 1.165) is 0 Å². The van der Waals surface area contributed by atoms with E-state index in [9.17, 15) is 4.79 Å². The summed E-state index contributed by atoms with van der Waals surface area (Å²) in [4.78, 5) is 23.5. The van der Waals surface area contributed by atoms with E-state index in [1.807, 2.05) is 13.8 Å². The van der Waals surface area contributed by atoms with E-state index >= 15 is 0 Å². The summed E-state index contributed by atoms with van der Waals surface area (Å²) in [6.45, 7) is 6.09. The van der Waals surface area contributed by atoms with E-state index < -0.39 is 5.41 Å². The minimum atomic E-state index is -0.433. The van der Waals surface area contributed by atoms with Crippen molar-refractivity contribution in [2.24, 2.45) is 0 Å². The predicted molar refractivity (Wildman–Crippen MR) is 101 cm³/mol. The van der Waals surface area contributed by atoms with Gasteiger partial charge < -0.3 is 9.47 Å². The van der Waals surface area contributed by atoms with Crippen LogP contribution in [-0.4, -0.2) is 38.4 Å². The normalized spacial score (nSPS) is 11.6. The highest BCUT2D eigenvalue weighted by Gasteiger charge is 2.26. The van der Waals surface area contributed by atoms with Crippen LogP contribution in [0.2, 0.25) is 5.15 Å². The second kappa shape index (κ2) is 7.50. The Bertz CT molecular complexity index is 1010. The monoisotopic (exact) mass is 389 g/mol. The zero-order valence-electron chi connectivity index (χ0n) is 15.5. The summed E-state index contributed by atoms with van der Waals surface area (Å²) in [5.74, 6) is 2.02. The van der Waals surface area contributed by atoms with Gasteiger partial charge in [-0.25, -0.2) is 14.8 Å². The first-order valence-electron chi connectivity index (χ1n) is 8.26. The Morgan fingerprint density at radius 3 is 2.74 bits per heavy atom. The van der Waals surface area contributed by atoms with Crippen LogP contribution < -0.4 is 10.4 Å². The van der Waals surface area contributed by atoms with Gasteiger partial charge in [0.25, 0.3) is 0 Å². The van der Waals surface area contributed by atoms with Crippen LogP contribution in [0.25, 0.3) is 5.82 Å². The maximum Gasteiger partial charge on any atom is 0.349 e. The number of ether oxygens (including phenoxy) is 2. The third kappa shape index (κ3) is 4.17. The van der Waals surface area contributed by atoms with Crippen molar-refractivity contribution >= 4 is 11.6 Å². The highest BCUT2D eigenvalue weighted by atomic mass is 35.5. The van der Waals surface area contributed by atoms with Gasteiger partial charge in [-0.1, -0.05) is 25.4 Å². The standard InChI is InChI=1S/C18H20ClN5O3/c1-11-13(27-12-7-8-20-14(19)9-12)5-6-15(21-11)24-17(25)22-16(23-24)18(2,3)10-26-4/h5-9H,10H2,1-4H3,(H,22,23,25). The maximum absolute atomic E-state index is 12.3. The molecule has 1 N–H and O–H groups in total. The SMILES string of the molecule is COCC(C)(C)c1nn(-c2ccc(Oc3ccnc(Cl)c3)c(C)n2)c(=O)[nH]1. The second-order valence-electron chi connectivity index (χ2n) is 6.68. The van der Waals surface area contributed by atoms with Gasteiger partial charge in [0.2, 0.25) is 0 Å². The van der Waals surface area contributed by atoms with E-state index in [-0.39, 0.29) is 5.69 Å². The fourth-order valence-electron chi connectivity index (χ4n) is 2.55. The molecule has 0 radical (unpaired) electrons. The lowest BCUT2D eigenvalue weighted by molar-refractivity contribution is 0.142. The lowest BCUT2D eigenvalue weighted by Gasteiger charge is -2.19. The van der Waals surface area contributed by atoms with Crippen LogP contribution in [0.15, 0.2) is 35.3 Å². The zero-order valence-corrected chi connectivity index (χ0v) is 16.2. The van der Waals surface area contributed by atoms with Gasteiger partial charge in [0, 0.05) is 24.8 Å². The third-order valence-corrected chi connectivity index (χ3v) is 4.14. The van der Waals surface area contributed by atoms with E-state index in [1.165, 1.54) is 4.68 Å². The lowest BCUT2D eigenvalue weighted by atomic mass is 9.94. The lowest BCUT2D eigenvalue weighted by Crippen LogP contribution is -2.25. The number of aryl methyl sites for hydroxylation is 1. The van der Waals surface area contributed by atoms with Crippen LogP contribution in [-0.2, 0) is 10.2 Å². The van der Waals surface area contributed by atoms with Crippen molar-refractivity contribution in [2.75, 3.05) is 13.7 Å². The molecule has 0 spiro atoms. The molecule has 0 saturated heterocycles. The molecule has 0 bridgehead atoms. The number of nitrogens with one attached hydrogen (secondary N) is 1. The van der Waals surface area contributed by atoms with Gasteiger partial charge in [-0.3, -0.25) is 4.98 Å². The van der Waals surface area contributed by atoms with Gasteiger partial charge in [0.1, 0.15) is 22.5 Å². The molecule has 27 heavy (non-hydrogen) atoms. The summed E-state index contributed by atoms with van der Waals surface area (Å²) in [7, 11) is 1.61. The molecule has 0 fully saturated rings. The van der Waals surface area contributed by atoms with Gasteiger partial charge in [-0.15, -0.1) is 5.10 Å². The number of pyridine rings is 2. The minimum absolute atomic E-state index is 0.337. The first-order valence-corrected chi connectivity index (χ1v) is 8.64. The molecule has 0 unspecified atom stereocenters. The van der Waals surface area contributed by atoms with Crippen molar-refractivity contribution in [1.82, 2.24) is 24.7 Å². The summed E-state index contributed by atoms with van der Waals surface area (Å²) >= 11 is 5.87. The largest absolute Gasteiger partial charge is 0.455 e. The molecule has 0 saturated carbocycles. The number of halogens is 1. The topological polar surface area (TPSA) is 94.9 Å². The smallest absolute Gasteiger partial charge is 0.349 e. The number of aromatic nitrogens is 5. The highest BCUT2D eigenvalue weighted by molar-refractivity contribution is 6.29. The second-order valence-corrected chi connectivity index (χ2v) is 7.06.